The molecule has 1 aliphatic heterocycles. The molecule has 7 heteroatoms. The van der Waals surface area contributed by atoms with Crippen LogP contribution in [-0.4, -0.2) is 31.1 Å². The van der Waals surface area contributed by atoms with Crippen LogP contribution in [0.4, 0.5) is 0 Å². The van der Waals surface area contributed by atoms with Crippen molar-refractivity contribution in [3.8, 4) is 5.95 Å². The molecule has 0 aliphatic carbocycles. The molecule has 0 saturated carbocycles. The average molecular weight is 431 g/mol. The topological polar surface area (TPSA) is 52.8 Å². The summed E-state index contributed by atoms with van der Waals surface area (Å²) in [5, 5.41) is 6.96. The molecule has 5 nitrogen and oxygen atoms in total. The molecule has 4 rings (SSSR count). The maximum absolute atomic E-state index is 6.06. The average Bonchev–Trinajstić information content (AvgIpc) is 3.19. The van der Waals surface area contributed by atoms with E-state index in [-0.39, 0.29) is 5.60 Å². The van der Waals surface area contributed by atoms with Gasteiger partial charge in [-0.15, -0.1) is 23.1 Å². The highest BCUT2D eigenvalue weighted by Crippen LogP contribution is 2.42. The van der Waals surface area contributed by atoms with Crippen molar-refractivity contribution in [1.29, 1.82) is 0 Å². The largest absolute Gasteiger partial charge is 0.370 e. The molecule has 29 heavy (non-hydrogen) atoms. The van der Waals surface area contributed by atoms with Gasteiger partial charge < -0.3 is 4.74 Å². The number of fused-ring (bicyclic) bond motifs is 3. The van der Waals surface area contributed by atoms with Crippen LogP contribution in [0.25, 0.3) is 16.2 Å². The summed E-state index contributed by atoms with van der Waals surface area (Å²) in [4.78, 5) is 12.3. The highest BCUT2D eigenvalue weighted by atomic mass is 32.2. The van der Waals surface area contributed by atoms with Crippen molar-refractivity contribution in [3.63, 3.8) is 0 Å². The van der Waals surface area contributed by atoms with Crippen LogP contribution in [0, 0.1) is 13.8 Å². The van der Waals surface area contributed by atoms with E-state index in [1.54, 1.807) is 11.3 Å². The van der Waals surface area contributed by atoms with Crippen molar-refractivity contribution in [3.05, 3.63) is 27.9 Å². The summed E-state index contributed by atoms with van der Waals surface area (Å²) in [5.74, 6) is 1.77. The van der Waals surface area contributed by atoms with Crippen LogP contribution < -0.4 is 0 Å². The molecule has 0 amide bonds. The predicted molar refractivity (Wildman–Crippen MR) is 121 cm³/mol. The summed E-state index contributed by atoms with van der Waals surface area (Å²) in [6.07, 6.45) is 5.98. The standard InChI is InChI=1S/C22H30N4OS2/c1-6-7-8-9-10-28-19-18-16-12-22(4,5)27-13-17(16)29-20(18)24-21(23-19)26-15(3)11-14(2)25-26/h11H,6-10,12-13H2,1-5H3. The van der Waals surface area contributed by atoms with Gasteiger partial charge in [0.15, 0.2) is 0 Å². The van der Waals surface area contributed by atoms with Gasteiger partial charge in [-0.1, -0.05) is 26.2 Å². The lowest BCUT2D eigenvalue weighted by Gasteiger charge is -2.30. The molecule has 156 valence electrons. The lowest BCUT2D eigenvalue weighted by Crippen LogP contribution is -2.31. The second kappa shape index (κ2) is 8.36. The monoisotopic (exact) mass is 430 g/mol. The van der Waals surface area contributed by atoms with Crippen molar-refractivity contribution in [1.82, 2.24) is 19.7 Å². The minimum absolute atomic E-state index is 0.140. The molecule has 0 radical (unpaired) electrons. The van der Waals surface area contributed by atoms with Gasteiger partial charge in [-0.2, -0.15) is 10.1 Å². The summed E-state index contributed by atoms with van der Waals surface area (Å²) < 4.78 is 7.93. The van der Waals surface area contributed by atoms with Gasteiger partial charge in [-0.3, -0.25) is 0 Å². The van der Waals surface area contributed by atoms with E-state index >= 15 is 0 Å². The Kier molecular flexibility index (Phi) is 6.00. The summed E-state index contributed by atoms with van der Waals surface area (Å²) in [5.41, 5.74) is 3.29. The lowest BCUT2D eigenvalue weighted by molar-refractivity contribution is -0.0379. The van der Waals surface area contributed by atoms with E-state index in [9.17, 15) is 0 Å². The third-order valence-corrected chi connectivity index (χ3v) is 7.48. The zero-order valence-corrected chi connectivity index (χ0v) is 19.7. The predicted octanol–water partition coefficient (Wildman–Crippen LogP) is 6.02. The zero-order valence-electron chi connectivity index (χ0n) is 18.0. The number of aromatic nitrogens is 4. The Morgan fingerprint density at radius 1 is 1.21 bits per heavy atom. The summed E-state index contributed by atoms with van der Waals surface area (Å²) in [7, 11) is 0. The van der Waals surface area contributed by atoms with Gasteiger partial charge >= 0.3 is 0 Å². The van der Waals surface area contributed by atoms with Crippen molar-refractivity contribution >= 4 is 33.3 Å². The number of rotatable bonds is 7. The quantitative estimate of drug-likeness (QED) is 0.261. The molecular weight excluding hydrogens is 400 g/mol. The van der Waals surface area contributed by atoms with Gasteiger partial charge in [0, 0.05) is 22.4 Å². The Balaban J connectivity index is 1.77. The first kappa shape index (κ1) is 20.8. The van der Waals surface area contributed by atoms with E-state index in [1.165, 1.54) is 41.5 Å². The van der Waals surface area contributed by atoms with Crippen molar-refractivity contribution in [2.24, 2.45) is 0 Å². The van der Waals surface area contributed by atoms with E-state index in [2.05, 4.69) is 38.9 Å². The van der Waals surface area contributed by atoms with Crippen LogP contribution in [0.1, 0.15) is 68.3 Å². The number of unbranched alkanes of at least 4 members (excludes halogenated alkanes) is 3. The fraction of sp³-hybridized carbons (Fsp3) is 0.591. The van der Waals surface area contributed by atoms with Gasteiger partial charge in [0.25, 0.3) is 5.95 Å². The maximum Gasteiger partial charge on any atom is 0.253 e. The van der Waals surface area contributed by atoms with Gasteiger partial charge in [0.2, 0.25) is 0 Å². The van der Waals surface area contributed by atoms with E-state index < -0.39 is 0 Å². The number of hydrogen-bond donors (Lipinski definition) is 0. The zero-order chi connectivity index (χ0) is 20.6. The number of nitrogens with zero attached hydrogens (tertiary/aromatic N) is 4. The minimum atomic E-state index is -0.140. The Hall–Kier alpha value is -1.44. The van der Waals surface area contributed by atoms with Crippen LogP contribution in [-0.2, 0) is 17.8 Å². The lowest BCUT2D eigenvalue weighted by atomic mass is 9.95. The molecular formula is C22H30N4OS2. The maximum atomic E-state index is 6.06. The molecule has 0 atom stereocenters. The third-order valence-electron chi connectivity index (χ3n) is 5.32. The summed E-state index contributed by atoms with van der Waals surface area (Å²) in [6.45, 7) is 11.3. The number of aryl methyl sites for hydroxylation is 2. The molecule has 0 unspecified atom stereocenters. The number of thioether (sulfide) groups is 1. The second-order valence-electron chi connectivity index (χ2n) is 8.49. The fourth-order valence-electron chi connectivity index (χ4n) is 3.83. The number of ether oxygens (including phenoxy) is 1. The molecule has 0 N–H and O–H groups in total. The van der Waals surface area contributed by atoms with E-state index in [1.807, 2.05) is 23.4 Å². The summed E-state index contributed by atoms with van der Waals surface area (Å²) in [6, 6.07) is 2.07. The Morgan fingerprint density at radius 3 is 2.76 bits per heavy atom. The molecule has 0 spiro atoms. The van der Waals surface area contributed by atoms with Crippen molar-refractivity contribution < 1.29 is 4.74 Å². The summed E-state index contributed by atoms with van der Waals surface area (Å²) >= 11 is 3.63. The highest BCUT2D eigenvalue weighted by molar-refractivity contribution is 7.99. The van der Waals surface area contributed by atoms with Crippen LogP contribution in [0.3, 0.4) is 0 Å². The van der Waals surface area contributed by atoms with E-state index in [4.69, 9.17) is 14.7 Å². The van der Waals surface area contributed by atoms with E-state index in [0.717, 1.165) is 33.4 Å². The van der Waals surface area contributed by atoms with Crippen LogP contribution in [0.15, 0.2) is 11.1 Å². The minimum Gasteiger partial charge on any atom is -0.370 e. The third kappa shape index (κ3) is 4.37. The second-order valence-corrected chi connectivity index (χ2v) is 10.7. The van der Waals surface area contributed by atoms with Crippen LogP contribution in [0.5, 0.6) is 0 Å². The molecule has 4 heterocycles. The Morgan fingerprint density at radius 2 is 2.03 bits per heavy atom. The van der Waals surface area contributed by atoms with Crippen molar-refractivity contribution in [2.75, 3.05) is 5.75 Å². The van der Waals surface area contributed by atoms with E-state index in [0.29, 0.717) is 12.6 Å². The normalized spacial score (nSPS) is 15.8. The van der Waals surface area contributed by atoms with Crippen LogP contribution >= 0.6 is 23.1 Å². The Bertz CT molecular complexity index is 1020. The molecule has 0 aromatic carbocycles. The smallest absolute Gasteiger partial charge is 0.253 e. The van der Waals surface area contributed by atoms with Gasteiger partial charge in [0.1, 0.15) is 9.86 Å². The molecule has 3 aromatic heterocycles. The number of thiophene rings is 1. The van der Waals surface area contributed by atoms with Gasteiger partial charge in [-0.25, -0.2) is 9.67 Å². The highest BCUT2D eigenvalue weighted by Gasteiger charge is 2.31. The molecule has 1 aliphatic rings. The van der Waals surface area contributed by atoms with Gasteiger partial charge in [0.05, 0.1) is 17.9 Å². The van der Waals surface area contributed by atoms with Crippen LogP contribution in [0.2, 0.25) is 0 Å². The molecule has 0 saturated heterocycles. The first-order valence-electron chi connectivity index (χ1n) is 10.5. The van der Waals surface area contributed by atoms with Crippen molar-refractivity contribution in [2.45, 2.75) is 84.0 Å². The molecule has 3 aromatic rings. The first-order valence-corrected chi connectivity index (χ1v) is 12.3. The SMILES string of the molecule is CCCCCCSc1nc(-n2nc(C)cc2C)nc2sc3c(c12)CC(C)(C)OC3. The fourth-order valence-corrected chi connectivity index (χ4v) is 6.04. The first-order chi connectivity index (χ1) is 13.9. The molecule has 0 bridgehead atoms. The van der Waals surface area contributed by atoms with Gasteiger partial charge in [-0.05, 0) is 51.5 Å². The molecule has 0 fully saturated rings. The number of hydrogen-bond acceptors (Lipinski definition) is 6. The Labute approximate surface area is 181 Å².